The van der Waals surface area contributed by atoms with E-state index in [2.05, 4.69) is 4.98 Å². The highest BCUT2D eigenvalue weighted by molar-refractivity contribution is 5.70. The molecule has 0 saturated heterocycles. The van der Waals surface area contributed by atoms with Crippen molar-refractivity contribution in [3.05, 3.63) is 72.4 Å². The molecule has 5 nitrogen and oxygen atoms in total. The Hall–Kier alpha value is -3.48. The fraction of sp³-hybridized carbons (Fsp3) is 0.143. The Bertz CT molecular complexity index is 941. The Labute approximate surface area is 160 Å². The highest BCUT2D eigenvalue weighted by Crippen LogP contribution is 2.34. The second kappa shape index (κ2) is 8.94. The molecule has 3 rings (SSSR count). The summed E-state index contributed by atoms with van der Waals surface area (Å²) in [7, 11) is 0. The molecule has 1 heterocycles. The van der Waals surface area contributed by atoms with Crippen LogP contribution in [0.1, 0.15) is 12.8 Å². The first kappa shape index (κ1) is 19.3. The molecule has 1 N–H and O–H groups in total. The number of carboxylic acids is 1. The second-order valence-corrected chi connectivity index (χ2v) is 5.89. The second-order valence-electron chi connectivity index (χ2n) is 5.89. The van der Waals surface area contributed by atoms with Crippen molar-refractivity contribution in [2.75, 3.05) is 6.61 Å². The molecule has 0 spiro atoms. The van der Waals surface area contributed by atoms with E-state index in [4.69, 9.17) is 14.6 Å². The summed E-state index contributed by atoms with van der Waals surface area (Å²) in [5, 5.41) is 8.59. The molecule has 0 fully saturated rings. The molecule has 0 unspecified atom stereocenters. The van der Waals surface area contributed by atoms with Crippen LogP contribution in [0.5, 0.6) is 17.4 Å². The van der Waals surface area contributed by atoms with Crippen molar-refractivity contribution in [2.45, 2.75) is 12.8 Å². The van der Waals surface area contributed by atoms with Gasteiger partial charge in [-0.3, -0.25) is 4.79 Å². The van der Waals surface area contributed by atoms with Crippen LogP contribution in [-0.2, 0) is 4.79 Å². The van der Waals surface area contributed by atoms with Crippen LogP contribution < -0.4 is 9.47 Å². The Kier molecular flexibility index (Phi) is 6.16. The van der Waals surface area contributed by atoms with E-state index in [1.807, 2.05) is 6.07 Å². The van der Waals surface area contributed by atoms with E-state index in [1.54, 1.807) is 36.4 Å². The zero-order valence-corrected chi connectivity index (χ0v) is 14.8. The summed E-state index contributed by atoms with van der Waals surface area (Å²) < 4.78 is 39.6. The molecular weight excluding hydrogens is 368 g/mol. The van der Waals surface area contributed by atoms with Gasteiger partial charge in [-0.2, -0.15) is 0 Å². The molecule has 0 saturated carbocycles. The van der Waals surface area contributed by atoms with Gasteiger partial charge >= 0.3 is 5.97 Å². The molecule has 0 amide bonds. The third-order valence-corrected chi connectivity index (χ3v) is 3.82. The fourth-order valence-electron chi connectivity index (χ4n) is 2.54. The van der Waals surface area contributed by atoms with Gasteiger partial charge in [-0.15, -0.1) is 0 Å². The number of pyridine rings is 1. The van der Waals surface area contributed by atoms with Gasteiger partial charge in [0.2, 0.25) is 5.88 Å². The Balaban J connectivity index is 1.83. The smallest absolute Gasteiger partial charge is 0.303 e. The summed E-state index contributed by atoms with van der Waals surface area (Å²) in [5.41, 5.74) is 0.661. The molecule has 1 aromatic heterocycles. The third kappa shape index (κ3) is 4.82. The quantitative estimate of drug-likeness (QED) is 0.549. The summed E-state index contributed by atoms with van der Waals surface area (Å²) in [6.07, 6.45) is 1.53. The first-order chi connectivity index (χ1) is 13.5. The van der Waals surface area contributed by atoms with Crippen LogP contribution in [0.2, 0.25) is 0 Å². The fourth-order valence-corrected chi connectivity index (χ4v) is 2.54. The van der Waals surface area contributed by atoms with E-state index in [0.29, 0.717) is 11.3 Å². The van der Waals surface area contributed by atoms with Gasteiger partial charge in [0, 0.05) is 18.2 Å². The lowest BCUT2D eigenvalue weighted by Gasteiger charge is -2.12. The van der Waals surface area contributed by atoms with Crippen LogP contribution in [0, 0.1) is 11.6 Å². The molecule has 0 radical (unpaired) electrons. The number of para-hydroxylation sites is 1. The number of hydrogen-bond acceptors (Lipinski definition) is 4. The molecule has 0 aliphatic heterocycles. The van der Waals surface area contributed by atoms with Crippen LogP contribution >= 0.6 is 0 Å². The number of carbonyl (C=O) groups is 1. The van der Waals surface area contributed by atoms with Gasteiger partial charge < -0.3 is 14.6 Å². The number of ether oxygens (including phenoxy) is 2. The SMILES string of the molecule is O=C(O)CCCOc1c(F)cc(-c2cccnc2Oc2ccccc2)cc1F. The van der Waals surface area contributed by atoms with Crippen LogP contribution in [0.3, 0.4) is 0 Å². The topological polar surface area (TPSA) is 68.7 Å². The molecule has 7 heteroatoms. The van der Waals surface area contributed by atoms with Crippen LogP contribution in [-0.4, -0.2) is 22.7 Å². The van der Waals surface area contributed by atoms with Crippen molar-refractivity contribution in [3.63, 3.8) is 0 Å². The van der Waals surface area contributed by atoms with E-state index >= 15 is 0 Å². The Morgan fingerprint density at radius 3 is 2.43 bits per heavy atom. The maximum atomic E-state index is 14.4. The minimum absolute atomic E-state index is 0.102. The monoisotopic (exact) mass is 385 g/mol. The molecule has 3 aromatic rings. The molecular formula is C21H17F2NO4. The molecule has 0 aliphatic rings. The zero-order valence-electron chi connectivity index (χ0n) is 14.8. The average molecular weight is 385 g/mol. The number of nitrogens with zero attached hydrogens (tertiary/aromatic N) is 1. The zero-order chi connectivity index (χ0) is 19.9. The maximum Gasteiger partial charge on any atom is 0.303 e. The number of aliphatic carboxylic acids is 1. The number of halogens is 2. The van der Waals surface area contributed by atoms with Crippen molar-refractivity contribution in [3.8, 4) is 28.5 Å². The number of hydrogen-bond donors (Lipinski definition) is 1. The van der Waals surface area contributed by atoms with Crippen LogP contribution in [0.25, 0.3) is 11.1 Å². The van der Waals surface area contributed by atoms with Crippen molar-refractivity contribution < 1.29 is 28.2 Å². The normalized spacial score (nSPS) is 10.5. The minimum atomic E-state index is -0.998. The molecule has 144 valence electrons. The van der Waals surface area contributed by atoms with E-state index in [0.717, 1.165) is 12.1 Å². The lowest BCUT2D eigenvalue weighted by Crippen LogP contribution is -2.05. The van der Waals surface area contributed by atoms with Gasteiger partial charge in [-0.1, -0.05) is 18.2 Å². The predicted molar refractivity (Wildman–Crippen MR) is 98.5 cm³/mol. The molecule has 0 bridgehead atoms. The van der Waals surface area contributed by atoms with Crippen molar-refractivity contribution >= 4 is 5.97 Å². The van der Waals surface area contributed by atoms with Gasteiger partial charge in [0.25, 0.3) is 0 Å². The summed E-state index contributed by atoms with van der Waals surface area (Å²) in [6.45, 7) is -0.102. The van der Waals surface area contributed by atoms with Gasteiger partial charge in [-0.25, -0.2) is 13.8 Å². The third-order valence-electron chi connectivity index (χ3n) is 3.82. The predicted octanol–water partition coefficient (Wildman–Crippen LogP) is 5.06. The number of aromatic nitrogens is 1. The first-order valence-corrected chi connectivity index (χ1v) is 8.56. The Morgan fingerprint density at radius 2 is 1.75 bits per heavy atom. The molecule has 0 aliphatic carbocycles. The summed E-state index contributed by atoms with van der Waals surface area (Å²) in [4.78, 5) is 14.6. The lowest BCUT2D eigenvalue weighted by atomic mass is 10.1. The van der Waals surface area contributed by atoms with Gasteiger partial charge in [0.05, 0.1) is 6.61 Å². The van der Waals surface area contributed by atoms with E-state index in [-0.39, 0.29) is 30.9 Å². The summed E-state index contributed by atoms with van der Waals surface area (Å²) >= 11 is 0. The number of rotatable bonds is 8. The highest BCUT2D eigenvalue weighted by Gasteiger charge is 2.17. The van der Waals surface area contributed by atoms with Crippen LogP contribution in [0.4, 0.5) is 8.78 Å². The van der Waals surface area contributed by atoms with Crippen LogP contribution in [0.15, 0.2) is 60.8 Å². The average Bonchev–Trinajstić information content (AvgIpc) is 2.67. The van der Waals surface area contributed by atoms with Gasteiger partial charge in [-0.05, 0) is 48.4 Å². The lowest BCUT2D eigenvalue weighted by molar-refractivity contribution is -0.137. The van der Waals surface area contributed by atoms with Crippen molar-refractivity contribution in [1.82, 2.24) is 4.98 Å². The van der Waals surface area contributed by atoms with E-state index < -0.39 is 23.4 Å². The molecule has 2 aromatic carbocycles. The summed E-state index contributed by atoms with van der Waals surface area (Å²) in [5.74, 6) is -2.56. The van der Waals surface area contributed by atoms with Crippen molar-refractivity contribution in [2.24, 2.45) is 0 Å². The van der Waals surface area contributed by atoms with Crippen molar-refractivity contribution in [1.29, 1.82) is 0 Å². The van der Waals surface area contributed by atoms with E-state index in [9.17, 15) is 13.6 Å². The van der Waals surface area contributed by atoms with Gasteiger partial charge in [0.15, 0.2) is 17.4 Å². The first-order valence-electron chi connectivity index (χ1n) is 8.56. The van der Waals surface area contributed by atoms with Gasteiger partial charge in [0.1, 0.15) is 5.75 Å². The Morgan fingerprint density at radius 1 is 1.04 bits per heavy atom. The minimum Gasteiger partial charge on any atom is -0.488 e. The van der Waals surface area contributed by atoms with E-state index in [1.165, 1.54) is 6.20 Å². The number of benzene rings is 2. The highest BCUT2D eigenvalue weighted by atomic mass is 19.1. The summed E-state index contributed by atoms with van der Waals surface area (Å²) in [6, 6.07) is 14.5. The standard InChI is InChI=1S/C21H17F2NO4/c22-17-12-14(13-18(23)20(17)27-11-5-9-19(25)26)16-8-4-10-24-21(16)28-15-6-2-1-3-7-15/h1-4,6-8,10,12-13H,5,9,11H2,(H,25,26). The molecule has 0 atom stereocenters. The largest absolute Gasteiger partial charge is 0.488 e. The molecule has 28 heavy (non-hydrogen) atoms. The maximum absolute atomic E-state index is 14.4. The number of carboxylic acid groups (broad SMARTS) is 1.